The summed E-state index contributed by atoms with van der Waals surface area (Å²) in [4.78, 5) is 38.8. The highest BCUT2D eigenvalue weighted by molar-refractivity contribution is 5.96. The molecule has 1 aromatic rings. The van der Waals surface area contributed by atoms with Gasteiger partial charge in [-0.2, -0.15) is 0 Å². The number of ketones is 1. The fourth-order valence-electron chi connectivity index (χ4n) is 6.02. The zero-order chi connectivity index (χ0) is 33.5. The molecule has 10 nitrogen and oxygen atoms in total. The maximum Gasteiger partial charge on any atom is 0.255 e. The van der Waals surface area contributed by atoms with E-state index in [-0.39, 0.29) is 53.6 Å². The van der Waals surface area contributed by atoms with Crippen molar-refractivity contribution in [2.24, 2.45) is 35.3 Å². The number of hydrogen-bond acceptors (Lipinski definition) is 8. The number of amides is 2. The van der Waals surface area contributed by atoms with E-state index in [9.17, 15) is 19.5 Å². The summed E-state index contributed by atoms with van der Waals surface area (Å²) in [5.74, 6) is 0.486. The quantitative estimate of drug-likeness (QED) is 0.181. The lowest BCUT2D eigenvalue weighted by molar-refractivity contribution is -0.159. The number of carbonyl (C=O) groups excluding carboxylic acids is 3. The first kappa shape index (κ1) is 38.7. The largest absolute Gasteiger partial charge is 0.493 e. The number of benzene rings is 1. The molecule has 0 bridgehead atoms. The number of aliphatic hydroxyl groups is 1. The van der Waals surface area contributed by atoms with Gasteiger partial charge in [-0.3, -0.25) is 19.4 Å². The number of Topliss-reactive ketones (excluding diaryl/α,β-unsaturated/α-hetero) is 1. The van der Waals surface area contributed by atoms with E-state index in [0.717, 1.165) is 25.7 Å². The number of carbonyl (C=O) groups is 3. The molecule has 2 amide bonds. The number of nitrogens with zero attached hydrogens (tertiary/aromatic N) is 2. The minimum atomic E-state index is -0.868. The fraction of sp³-hybridized carbons (Fsp3) is 0.743. The number of hydrazine groups is 1. The molecule has 45 heavy (non-hydrogen) atoms. The van der Waals surface area contributed by atoms with Gasteiger partial charge < -0.3 is 25.6 Å². The number of aliphatic hydroxyl groups excluding tert-OH is 1. The third kappa shape index (κ3) is 12.3. The van der Waals surface area contributed by atoms with E-state index in [4.69, 9.17) is 15.2 Å². The van der Waals surface area contributed by atoms with Crippen LogP contribution in [0.25, 0.3) is 0 Å². The van der Waals surface area contributed by atoms with E-state index in [2.05, 4.69) is 24.2 Å². The summed E-state index contributed by atoms with van der Waals surface area (Å²) in [6.07, 6.45) is 3.12. The second kappa shape index (κ2) is 19.9. The van der Waals surface area contributed by atoms with E-state index in [1.807, 2.05) is 32.9 Å². The Labute approximate surface area is 271 Å². The molecule has 1 aliphatic heterocycles. The van der Waals surface area contributed by atoms with Crippen molar-refractivity contribution in [1.82, 2.24) is 15.3 Å². The third-order valence-corrected chi connectivity index (χ3v) is 9.23. The Morgan fingerprint density at radius 3 is 2.27 bits per heavy atom. The van der Waals surface area contributed by atoms with Crippen molar-refractivity contribution in [3.63, 3.8) is 0 Å². The molecule has 0 aromatic heterocycles. The van der Waals surface area contributed by atoms with Crippen LogP contribution in [-0.4, -0.2) is 91.4 Å². The molecule has 1 saturated heterocycles. The van der Waals surface area contributed by atoms with Crippen molar-refractivity contribution >= 4 is 17.6 Å². The van der Waals surface area contributed by atoms with Gasteiger partial charge in [0.1, 0.15) is 11.5 Å². The van der Waals surface area contributed by atoms with Crippen LogP contribution in [0.15, 0.2) is 24.3 Å². The topological polar surface area (TPSA) is 134 Å². The Morgan fingerprint density at radius 1 is 1.04 bits per heavy atom. The first-order valence-corrected chi connectivity index (χ1v) is 16.9. The molecule has 1 aliphatic rings. The molecule has 4 unspecified atom stereocenters. The monoisotopic (exact) mass is 632 g/mol. The van der Waals surface area contributed by atoms with Crippen LogP contribution in [-0.2, 0) is 14.3 Å². The average molecular weight is 633 g/mol. The smallest absolute Gasteiger partial charge is 0.255 e. The first-order chi connectivity index (χ1) is 21.4. The Kier molecular flexibility index (Phi) is 17.1. The van der Waals surface area contributed by atoms with Crippen LogP contribution in [0.2, 0.25) is 0 Å². The van der Waals surface area contributed by atoms with Crippen molar-refractivity contribution in [2.45, 2.75) is 92.2 Å². The number of para-hydroxylation sites is 1. The molecule has 0 saturated carbocycles. The van der Waals surface area contributed by atoms with Crippen LogP contribution in [0.5, 0.6) is 5.75 Å². The van der Waals surface area contributed by atoms with Gasteiger partial charge in [0.15, 0.2) is 0 Å². The van der Waals surface area contributed by atoms with Gasteiger partial charge in [0, 0.05) is 57.8 Å². The molecule has 1 heterocycles. The number of methoxy groups -OCH3 is 1. The zero-order valence-electron chi connectivity index (χ0n) is 28.8. The van der Waals surface area contributed by atoms with Crippen molar-refractivity contribution in [2.75, 3.05) is 46.5 Å². The Hall–Kier alpha value is -2.53. The second-order valence-corrected chi connectivity index (χ2v) is 13.2. The fourth-order valence-corrected chi connectivity index (χ4v) is 6.02. The summed E-state index contributed by atoms with van der Waals surface area (Å²) in [5.41, 5.74) is 7.06. The Morgan fingerprint density at radius 2 is 1.69 bits per heavy atom. The number of ether oxygens (including phenoxy) is 2. The number of unbranched alkanes of at least 4 members (excludes halogenated alkanes) is 1. The predicted octanol–water partition coefficient (Wildman–Crippen LogP) is 4.30. The predicted molar refractivity (Wildman–Crippen MR) is 178 cm³/mol. The van der Waals surface area contributed by atoms with Crippen LogP contribution >= 0.6 is 0 Å². The van der Waals surface area contributed by atoms with Crippen LogP contribution in [0.4, 0.5) is 0 Å². The van der Waals surface area contributed by atoms with Crippen LogP contribution < -0.4 is 15.8 Å². The van der Waals surface area contributed by atoms with Gasteiger partial charge in [-0.25, -0.2) is 5.01 Å². The first-order valence-electron chi connectivity index (χ1n) is 16.9. The molecular formula is C35H60N4O6. The van der Waals surface area contributed by atoms with Gasteiger partial charge in [-0.15, -0.1) is 0 Å². The molecule has 10 heteroatoms. The van der Waals surface area contributed by atoms with E-state index in [1.54, 1.807) is 31.2 Å². The molecule has 1 aromatic carbocycles. The Balaban J connectivity index is 1.98. The number of hydrogen-bond donors (Lipinski definition) is 3. The summed E-state index contributed by atoms with van der Waals surface area (Å²) in [7, 11) is 1.67. The minimum Gasteiger partial charge on any atom is -0.493 e. The van der Waals surface area contributed by atoms with E-state index < -0.39 is 12.1 Å². The number of rotatable bonds is 20. The number of piperidine rings is 1. The van der Waals surface area contributed by atoms with E-state index >= 15 is 0 Å². The maximum absolute atomic E-state index is 13.8. The van der Waals surface area contributed by atoms with E-state index in [0.29, 0.717) is 57.1 Å². The lowest BCUT2D eigenvalue weighted by Gasteiger charge is -2.41. The molecule has 1 fully saturated rings. The molecule has 2 rings (SSSR count). The molecule has 0 radical (unpaired) electrons. The van der Waals surface area contributed by atoms with Crippen LogP contribution in [0.3, 0.4) is 0 Å². The molecule has 4 atom stereocenters. The minimum absolute atomic E-state index is 0.00715. The van der Waals surface area contributed by atoms with Gasteiger partial charge in [-0.05, 0) is 82.3 Å². The molecular weight excluding hydrogens is 572 g/mol. The van der Waals surface area contributed by atoms with Gasteiger partial charge in [0.05, 0.1) is 18.3 Å². The highest BCUT2D eigenvalue weighted by atomic mass is 16.5. The highest BCUT2D eigenvalue weighted by Crippen LogP contribution is 2.27. The zero-order valence-corrected chi connectivity index (χ0v) is 28.8. The van der Waals surface area contributed by atoms with Crippen molar-refractivity contribution < 1.29 is 29.0 Å². The summed E-state index contributed by atoms with van der Waals surface area (Å²) >= 11 is 0. The SMILES string of the molecule is CCN(C(=O)C(CC(O)C(N)CC(CNC(=O)c1ccccc1OCCCCOC)C(C)C)C(C)C)N1CCC(C(C)=O)CC1. The molecule has 256 valence electrons. The van der Waals surface area contributed by atoms with Crippen molar-refractivity contribution in [1.29, 1.82) is 0 Å². The third-order valence-electron chi connectivity index (χ3n) is 9.23. The van der Waals surface area contributed by atoms with Gasteiger partial charge in [0.25, 0.3) is 5.91 Å². The van der Waals surface area contributed by atoms with Crippen molar-refractivity contribution in [3.05, 3.63) is 29.8 Å². The van der Waals surface area contributed by atoms with E-state index in [1.165, 1.54) is 0 Å². The summed E-state index contributed by atoms with van der Waals surface area (Å²) in [5, 5.41) is 18.2. The summed E-state index contributed by atoms with van der Waals surface area (Å²) < 4.78 is 11.0. The lowest BCUT2D eigenvalue weighted by atomic mass is 9.83. The molecule has 0 aliphatic carbocycles. The second-order valence-electron chi connectivity index (χ2n) is 13.2. The average Bonchev–Trinajstić information content (AvgIpc) is 3.01. The molecule has 4 N–H and O–H groups in total. The van der Waals surface area contributed by atoms with Gasteiger partial charge in [-0.1, -0.05) is 39.8 Å². The van der Waals surface area contributed by atoms with Gasteiger partial charge >= 0.3 is 0 Å². The normalized spacial score (nSPS) is 17.1. The summed E-state index contributed by atoms with van der Waals surface area (Å²) in [6.45, 7) is 15.2. The highest BCUT2D eigenvalue weighted by Gasteiger charge is 2.35. The Bertz CT molecular complexity index is 1040. The standard InChI is InChI=1S/C35H60N4O6/c1-8-39(38-17-15-27(16-18-38)26(6)40)35(43)30(25(4)5)22-32(41)31(36)21-28(24(2)3)23-37-34(42)29-13-9-10-14-33(29)45-20-12-11-19-44-7/h9-10,13-14,24-25,27-28,30-32,41H,8,11-12,15-23,36H2,1-7H3,(H,37,42). The van der Waals surface area contributed by atoms with Crippen LogP contribution in [0, 0.1) is 29.6 Å². The van der Waals surface area contributed by atoms with Gasteiger partial charge in [0.2, 0.25) is 5.91 Å². The lowest BCUT2D eigenvalue weighted by Crippen LogP contribution is -2.53. The van der Waals surface area contributed by atoms with Crippen molar-refractivity contribution in [3.8, 4) is 5.75 Å². The maximum atomic E-state index is 13.8. The number of nitrogens with one attached hydrogen (secondary N) is 1. The summed E-state index contributed by atoms with van der Waals surface area (Å²) in [6, 6.07) is 6.68. The number of nitrogens with two attached hydrogens (primary N) is 1. The molecule has 0 spiro atoms. The van der Waals surface area contributed by atoms with Crippen LogP contribution in [0.1, 0.15) is 90.4 Å².